The fraction of sp³-hybridized carbons (Fsp3) is 0.118. The number of rotatable bonds is 6. The minimum atomic E-state index is -3.99. The summed E-state index contributed by atoms with van der Waals surface area (Å²) < 4.78 is 65.5. The average Bonchev–Trinajstić information content (AvgIpc) is 3.09. The molecule has 0 saturated carbocycles. The maximum Gasteiger partial charge on any atom is 0.322 e. The summed E-state index contributed by atoms with van der Waals surface area (Å²) in [6, 6.07) is 9.37. The number of amides is 1. The lowest BCUT2D eigenvalue weighted by Crippen LogP contribution is -2.23. The Labute approximate surface area is 165 Å². The van der Waals surface area contributed by atoms with E-state index in [9.17, 15) is 26.0 Å². The summed E-state index contributed by atoms with van der Waals surface area (Å²) in [7, 11) is -7.34. The first-order valence-electron chi connectivity index (χ1n) is 7.97. The highest BCUT2D eigenvalue weighted by molar-refractivity contribution is 7.92. The molecule has 1 amide bonds. The van der Waals surface area contributed by atoms with E-state index in [-0.39, 0.29) is 21.7 Å². The second-order valence-electron chi connectivity index (χ2n) is 5.97. The molecule has 1 heterocycles. The van der Waals surface area contributed by atoms with Crippen molar-refractivity contribution in [3.05, 3.63) is 54.3 Å². The topological polar surface area (TPSA) is 136 Å². The Bertz CT molecular complexity index is 1250. The van der Waals surface area contributed by atoms with Crippen molar-refractivity contribution in [2.75, 3.05) is 17.3 Å². The minimum Gasteiger partial charge on any atom is -0.403 e. The van der Waals surface area contributed by atoms with E-state index in [4.69, 9.17) is 4.42 Å². The van der Waals surface area contributed by atoms with Gasteiger partial charge in [0.15, 0.2) is 19.7 Å². The molecule has 3 aromatic rings. The first-order chi connectivity index (χ1) is 13.5. The van der Waals surface area contributed by atoms with Crippen LogP contribution in [0, 0.1) is 5.82 Å². The van der Waals surface area contributed by atoms with E-state index in [1.165, 1.54) is 24.3 Å². The van der Waals surface area contributed by atoms with Crippen molar-refractivity contribution in [1.82, 2.24) is 10.2 Å². The van der Waals surface area contributed by atoms with Gasteiger partial charge in [0, 0.05) is 11.8 Å². The Hall–Kier alpha value is -3.12. The van der Waals surface area contributed by atoms with Gasteiger partial charge in [-0.3, -0.25) is 10.1 Å². The Balaban J connectivity index is 1.69. The van der Waals surface area contributed by atoms with Crippen molar-refractivity contribution in [3.63, 3.8) is 0 Å². The number of nitrogens with zero attached hydrogens (tertiary/aromatic N) is 2. The Morgan fingerprint density at radius 3 is 2.14 bits per heavy atom. The molecule has 0 atom stereocenters. The number of carbonyl (C=O) groups is 1. The third kappa shape index (κ3) is 5.03. The molecule has 3 rings (SSSR count). The Kier molecular flexibility index (Phi) is 5.48. The van der Waals surface area contributed by atoms with Crippen LogP contribution in [0.2, 0.25) is 0 Å². The molecule has 0 unspecified atom stereocenters. The highest BCUT2D eigenvalue weighted by atomic mass is 32.2. The number of sulfone groups is 2. The predicted octanol–water partition coefficient (Wildman–Crippen LogP) is 1.69. The molecule has 2 aromatic carbocycles. The van der Waals surface area contributed by atoms with Gasteiger partial charge in [0.2, 0.25) is 11.8 Å². The third-order valence-corrected chi connectivity index (χ3v) is 6.46. The second kappa shape index (κ2) is 7.72. The van der Waals surface area contributed by atoms with Crippen LogP contribution in [0.5, 0.6) is 0 Å². The number of benzene rings is 2. The van der Waals surface area contributed by atoms with Crippen LogP contribution in [0.25, 0.3) is 11.5 Å². The van der Waals surface area contributed by atoms with Gasteiger partial charge in [0.25, 0.3) is 0 Å². The van der Waals surface area contributed by atoms with E-state index < -0.39 is 37.2 Å². The lowest BCUT2D eigenvalue weighted by molar-refractivity contribution is -0.114. The molecule has 1 aromatic heterocycles. The second-order valence-corrected chi connectivity index (χ2v) is 9.98. The largest absolute Gasteiger partial charge is 0.403 e. The lowest BCUT2D eigenvalue weighted by atomic mass is 10.2. The number of hydrogen-bond donors (Lipinski definition) is 1. The molecule has 0 spiro atoms. The van der Waals surface area contributed by atoms with E-state index in [0.717, 1.165) is 30.5 Å². The smallest absolute Gasteiger partial charge is 0.322 e. The molecule has 0 aliphatic carbocycles. The maximum absolute atomic E-state index is 12.9. The predicted molar refractivity (Wildman–Crippen MR) is 99.9 cm³/mol. The molecule has 9 nitrogen and oxygen atoms in total. The lowest BCUT2D eigenvalue weighted by Gasteiger charge is -2.04. The van der Waals surface area contributed by atoms with E-state index in [1.807, 2.05) is 0 Å². The highest BCUT2D eigenvalue weighted by Gasteiger charge is 2.21. The normalized spacial score (nSPS) is 11.9. The summed E-state index contributed by atoms with van der Waals surface area (Å²) in [6.07, 6.45) is 1.07. The van der Waals surface area contributed by atoms with E-state index in [0.29, 0.717) is 5.56 Å². The number of carbonyl (C=O) groups excluding carboxylic acids is 1. The molecule has 0 bridgehead atoms. The summed E-state index contributed by atoms with van der Waals surface area (Å²) in [5, 5.41) is 9.51. The Morgan fingerprint density at radius 2 is 1.55 bits per heavy atom. The average molecular weight is 439 g/mol. The number of hydrogen-bond acceptors (Lipinski definition) is 8. The van der Waals surface area contributed by atoms with Crippen molar-refractivity contribution >= 4 is 31.6 Å². The molecule has 1 N–H and O–H groups in total. The molecule has 12 heteroatoms. The van der Waals surface area contributed by atoms with E-state index in [2.05, 4.69) is 15.5 Å². The number of aromatic nitrogens is 2. The van der Waals surface area contributed by atoms with Gasteiger partial charge < -0.3 is 4.42 Å². The zero-order valence-corrected chi connectivity index (χ0v) is 16.5. The van der Waals surface area contributed by atoms with E-state index in [1.54, 1.807) is 0 Å². The van der Waals surface area contributed by atoms with Gasteiger partial charge in [-0.05, 0) is 48.5 Å². The highest BCUT2D eigenvalue weighted by Crippen LogP contribution is 2.22. The van der Waals surface area contributed by atoms with Gasteiger partial charge in [0.1, 0.15) is 11.6 Å². The molecule has 0 saturated heterocycles. The van der Waals surface area contributed by atoms with Gasteiger partial charge in [-0.1, -0.05) is 5.10 Å². The third-order valence-electron chi connectivity index (χ3n) is 3.69. The summed E-state index contributed by atoms with van der Waals surface area (Å²) in [5.41, 5.74) is 0.407. The van der Waals surface area contributed by atoms with Gasteiger partial charge in [-0.2, -0.15) is 0 Å². The molecule has 29 heavy (non-hydrogen) atoms. The number of nitrogens with one attached hydrogen (secondary N) is 1. The van der Waals surface area contributed by atoms with Crippen molar-refractivity contribution in [2.45, 2.75) is 9.79 Å². The van der Waals surface area contributed by atoms with Crippen LogP contribution >= 0.6 is 0 Å². The van der Waals surface area contributed by atoms with Gasteiger partial charge in [-0.25, -0.2) is 21.2 Å². The fourth-order valence-corrected chi connectivity index (χ4v) is 4.05. The maximum atomic E-state index is 12.9. The first kappa shape index (κ1) is 20.6. The minimum absolute atomic E-state index is 0.00161. The molecule has 0 aliphatic rings. The molecular weight excluding hydrogens is 425 g/mol. The van der Waals surface area contributed by atoms with Crippen molar-refractivity contribution < 1.29 is 30.4 Å². The van der Waals surface area contributed by atoms with Crippen molar-refractivity contribution in [1.29, 1.82) is 0 Å². The molecule has 0 aliphatic heterocycles. The first-order valence-corrected chi connectivity index (χ1v) is 11.5. The van der Waals surface area contributed by atoms with Crippen LogP contribution in [0.15, 0.2) is 62.7 Å². The quantitative estimate of drug-likeness (QED) is 0.573. The van der Waals surface area contributed by atoms with Crippen LogP contribution in [0.3, 0.4) is 0 Å². The molecule has 0 fully saturated rings. The summed E-state index contributed by atoms with van der Waals surface area (Å²) in [5.74, 6) is -2.42. The number of halogens is 1. The number of anilines is 1. The summed E-state index contributed by atoms with van der Waals surface area (Å²) in [4.78, 5) is 11.9. The van der Waals surface area contributed by atoms with Gasteiger partial charge in [-0.15, -0.1) is 5.10 Å². The molecular formula is C17H14FN3O6S2. The summed E-state index contributed by atoms with van der Waals surface area (Å²) >= 11 is 0. The standard InChI is InChI=1S/C17H14FN3O6S2/c1-28(23,24)13-6-2-11(3-7-13)16-20-21-17(27-16)19-15(22)10-29(25,26)14-8-4-12(18)5-9-14/h2-9H,10H2,1H3,(H,19,21,22). The molecule has 152 valence electrons. The van der Waals surface area contributed by atoms with Crippen LogP contribution in [0.1, 0.15) is 0 Å². The van der Waals surface area contributed by atoms with Crippen LogP contribution < -0.4 is 5.32 Å². The Morgan fingerprint density at radius 1 is 0.966 bits per heavy atom. The SMILES string of the molecule is CS(=O)(=O)c1ccc(-c2nnc(NC(=O)CS(=O)(=O)c3ccc(F)cc3)o2)cc1. The zero-order chi connectivity index (χ0) is 21.2. The summed E-state index contributed by atoms with van der Waals surface area (Å²) in [6.45, 7) is 0. The molecule has 0 radical (unpaired) electrons. The van der Waals surface area contributed by atoms with Gasteiger partial charge in [0.05, 0.1) is 9.79 Å². The van der Waals surface area contributed by atoms with E-state index >= 15 is 0 Å². The fourth-order valence-electron chi connectivity index (χ4n) is 2.29. The monoisotopic (exact) mass is 439 g/mol. The van der Waals surface area contributed by atoms with Crippen molar-refractivity contribution in [3.8, 4) is 11.5 Å². The zero-order valence-electron chi connectivity index (χ0n) is 14.9. The van der Waals surface area contributed by atoms with Gasteiger partial charge >= 0.3 is 6.01 Å². The van der Waals surface area contributed by atoms with Crippen LogP contribution in [-0.2, 0) is 24.5 Å². The van der Waals surface area contributed by atoms with Crippen LogP contribution in [0.4, 0.5) is 10.4 Å². The van der Waals surface area contributed by atoms with Crippen LogP contribution in [-0.4, -0.2) is 44.9 Å². The van der Waals surface area contributed by atoms with Crippen molar-refractivity contribution in [2.24, 2.45) is 0 Å².